The van der Waals surface area contributed by atoms with Gasteiger partial charge in [0.1, 0.15) is 52.7 Å². The van der Waals surface area contributed by atoms with Gasteiger partial charge >= 0.3 is 30.4 Å². The first-order chi connectivity index (χ1) is 37.5. The second-order valence-corrected chi connectivity index (χ2v) is 18.4. The molecule has 0 nitrogen and oxygen atoms in total. The van der Waals surface area contributed by atoms with Gasteiger partial charge in [0, 0.05) is 17.2 Å². The lowest BCUT2D eigenvalue weighted by molar-refractivity contribution is -0.289. The van der Waals surface area contributed by atoms with Crippen LogP contribution in [0.1, 0.15) is 16.7 Å². The Hall–Kier alpha value is -7.36. The van der Waals surface area contributed by atoms with Gasteiger partial charge in [-0.2, -0.15) is 57.1 Å². The summed E-state index contributed by atoms with van der Waals surface area (Å²) in [5.74, 6) is -81.9. The molecule has 35 heteroatoms. The summed E-state index contributed by atoms with van der Waals surface area (Å²) in [6, 6.07) is 8.27. The zero-order valence-corrected chi connectivity index (χ0v) is 38.7. The molecule has 0 aromatic heterocycles. The number of hydrogen-bond acceptors (Lipinski definition) is 0. The van der Waals surface area contributed by atoms with Crippen LogP contribution in [0.15, 0.2) is 87.5 Å². The van der Waals surface area contributed by atoms with Crippen LogP contribution in [0.2, 0.25) is 0 Å². The smallest absolute Gasteiger partial charge is 0.207 e. The van der Waals surface area contributed by atoms with Crippen LogP contribution < -0.4 is 21.9 Å². The third-order valence-electron chi connectivity index (χ3n) is 11.7. The molecule has 0 aliphatic rings. The molecule has 7 rings (SSSR count). The Morgan fingerprint density at radius 2 is 0.463 bits per heavy atom. The van der Waals surface area contributed by atoms with Gasteiger partial charge < -0.3 is 0 Å². The van der Waals surface area contributed by atoms with Crippen molar-refractivity contribution in [2.24, 2.45) is 0 Å². The molecule has 0 radical (unpaired) electrons. The third kappa shape index (κ3) is 10.3. The van der Waals surface area contributed by atoms with Gasteiger partial charge in [-0.1, -0.05) is 6.07 Å². The number of halogens is 33. The van der Waals surface area contributed by atoms with E-state index in [1.165, 1.54) is 0 Å². The SMILES string of the molecule is FC(F)(F)c1cccc([S+](c2ccc(C(F)(F)C(F)(F)F)cc2)c2ccc(C(F)(F)C(F)(F)F)cc2)c1.Fc1c(F)c(F)c([B-](c2c(F)c(F)c(F)c(F)c2F)(c2c(F)c(F)c(F)c(F)c2F)c2c(F)c(F)c(F)c(F)c2F)c(F)c1F. The molecule has 0 spiro atoms. The van der Waals surface area contributed by atoms with Crippen LogP contribution in [0, 0.1) is 116 Å². The van der Waals surface area contributed by atoms with E-state index >= 15 is 35.1 Å². The number of alkyl halides is 13. The molecule has 0 saturated heterocycles. The van der Waals surface area contributed by atoms with Crippen molar-refractivity contribution in [1.29, 1.82) is 0 Å². The first-order valence-electron chi connectivity index (χ1n) is 20.7. The molecule has 0 atom stereocenters. The first kappa shape index (κ1) is 63.8. The van der Waals surface area contributed by atoms with Gasteiger partial charge in [-0.25, -0.2) is 87.8 Å². The summed E-state index contributed by atoms with van der Waals surface area (Å²) in [6.07, 6.45) is -23.9. The maximum atomic E-state index is 15.4. The normalized spacial score (nSPS) is 12.8. The van der Waals surface area contributed by atoms with Crippen LogP contribution in [0.5, 0.6) is 0 Å². The lowest BCUT2D eigenvalue weighted by atomic mass is 9.12. The summed E-state index contributed by atoms with van der Waals surface area (Å²) in [6.45, 7) is 0. The van der Waals surface area contributed by atoms with E-state index in [1.807, 2.05) is 0 Å². The van der Waals surface area contributed by atoms with E-state index in [9.17, 15) is 110 Å². The van der Waals surface area contributed by atoms with E-state index in [2.05, 4.69) is 0 Å². The number of rotatable bonds is 9. The molecule has 0 unspecified atom stereocenters. The molecular weight excluding hydrogens is 1230 g/mol. The van der Waals surface area contributed by atoms with Gasteiger partial charge in [-0.3, -0.25) is 0 Å². The van der Waals surface area contributed by atoms with Crippen LogP contribution >= 0.6 is 0 Å². The molecule has 0 fully saturated rings. The number of benzene rings is 7. The minimum atomic E-state index is -7.22. The predicted octanol–water partition coefficient (Wildman–Crippen LogP) is 15.0. The topological polar surface area (TPSA) is 0 Å². The molecule has 0 aliphatic heterocycles. The molecule has 82 heavy (non-hydrogen) atoms. The zero-order chi connectivity index (χ0) is 62.4. The highest BCUT2D eigenvalue weighted by atomic mass is 32.2. The van der Waals surface area contributed by atoms with E-state index in [0.29, 0.717) is 36.4 Å². The van der Waals surface area contributed by atoms with E-state index in [-0.39, 0.29) is 14.7 Å². The Kier molecular flexibility index (Phi) is 16.9. The van der Waals surface area contributed by atoms with Crippen molar-refractivity contribution in [3.8, 4) is 0 Å². The van der Waals surface area contributed by atoms with Crippen molar-refractivity contribution in [3.63, 3.8) is 0 Å². The fourth-order valence-corrected chi connectivity index (χ4v) is 10.1. The quantitative estimate of drug-likeness (QED) is 0.0444. The standard InChI is InChI=1S/C24BF20.C23H12F13S/c26-5-1(6(27)14(35)21(42)13(5)34)25(2-7(28)15(36)22(43)16(37)8(2)29,3-9(30)17(38)23(44)18(39)10(3)31)4-11(32)19(40)24(45)20(41)12(4)33;24-19(25,22(31,32)33)13-4-8-16(9-5-13)37(18-3-1-2-15(12-18)21(28,29)30)17-10-6-14(7-11-17)20(26,27)23(34,35)36/h;1-12H/q-1;+1. The third-order valence-corrected chi connectivity index (χ3v) is 13.9. The van der Waals surface area contributed by atoms with Gasteiger partial charge in [0.05, 0.1) is 16.5 Å². The zero-order valence-electron chi connectivity index (χ0n) is 37.9. The van der Waals surface area contributed by atoms with Crippen LogP contribution in [0.3, 0.4) is 0 Å². The largest absolute Gasteiger partial charge is 0.458 e. The van der Waals surface area contributed by atoms with E-state index in [0.717, 1.165) is 36.4 Å². The molecule has 0 heterocycles. The molecule has 0 saturated carbocycles. The minimum absolute atomic E-state index is 0.101. The van der Waals surface area contributed by atoms with E-state index in [1.54, 1.807) is 0 Å². The lowest BCUT2D eigenvalue weighted by Gasteiger charge is -2.44. The molecule has 0 bridgehead atoms. The van der Waals surface area contributed by atoms with E-state index < -0.39 is 202 Å². The minimum Gasteiger partial charge on any atom is -0.207 e. The maximum Gasteiger partial charge on any atom is 0.458 e. The molecular formula is C47H12BF33S. The van der Waals surface area contributed by atoms with Crippen molar-refractivity contribution < 1.29 is 145 Å². The van der Waals surface area contributed by atoms with Crippen LogP contribution in [0.4, 0.5) is 145 Å². The monoisotopic (exact) mass is 1250 g/mol. The Balaban J connectivity index is 0.000000269. The molecule has 0 amide bonds. The maximum absolute atomic E-state index is 15.4. The van der Waals surface area contributed by atoms with Crippen molar-refractivity contribution in [2.75, 3.05) is 0 Å². The Morgan fingerprint density at radius 1 is 0.244 bits per heavy atom. The summed E-state index contributed by atoms with van der Waals surface area (Å²) in [5.41, 5.74) is -18.4. The summed E-state index contributed by atoms with van der Waals surface area (Å²) in [7, 11) is -1.72. The summed E-state index contributed by atoms with van der Waals surface area (Å²) in [5, 5.41) is 0. The van der Waals surface area contributed by atoms with Crippen molar-refractivity contribution in [3.05, 3.63) is 206 Å². The first-order valence-corrected chi connectivity index (χ1v) is 21.9. The number of hydrogen-bond donors (Lipinski definition) is 0. The summed E-state index contributed by atoms with van der Waals surface area (Å²) in [4.78, 5) is -0.353. The van der Waals surface area contributed by atoms with Gasteiger partial charge in [0.25, 0.3) is 0 Å². The van der Waals surface area contributed by atoms with Crippen LogP contribution in [0.25, 0.3) is 0 Å². The van der Waals surface area contributed by atoms with Gasteiger partial charge in [-0.15, -0.1) is 21.9 Å². The van der Waals surface area contributed by atoms with Gasteiger partial charge in [0.15, 0.2) is 84.5 Å². The average Bonchev–Trinajstić information content (AvgIpc) is 3.32. The Morgan fingerprint density at radius 3 is 0.671 bits per heavy atom. The summed E-state index contributed by atoms with van der Waals surface area (Å²) < 4.78 is 464. The van der Waals surface area contributed by atoms with Crippen molar-refractivity contribution in [1.82, 2.24) is 0 Å². The summed E-state index contributed by atoms with van der Waals surface area (Å²) >= 11 is 0. The predicted molar refractivity (Wildman–Crippen MR) is 216 cm³/mol. The van der Waals surface area contributed by atoms with Crippen LogP contribution in [-0.2, 0) is 28.9 Å². The second kappa shape index (κ2) is 21.8. The van der Waals surface area contributed by atoms with E-state index in [4.69, 9.17) is 0 Å². The molecule has 0 aliphatic carbocycles. The molecule has 0 N–H and O–H groups in total. The average molecular weight is 1250 g/mol. The van der Waals surface area contributed by atoms with Gasteiger partial charge in [-0.05, 0) is 60.7 Å². The van der Waals surface area contributed by atoms with Gasteiger partial charge in [0.2, 0.25) is 0 Å². The van der Waals surface area contributed by atoms with Crippen molar-refractivity contribution >= 4 is 38.9 Å². The fraction of sp³-hybridized carbons (Fsp3) is 0.106. The lowest BCUT2D eigenvalue weighted by Crippen LogP contribution is -2.81. The van der Waals surface area contributed by atoms with Crippen molar-refractivity contribution in [2.45, 2.75) is 45.1 Å². The molecule has 7 aromatic rings. The Bertz CT molecular complexity index is 3190. The fourth-order valence-electron chi connectivity index (χ4n) is 8.01. The molecule has 7 aromatic carbocycles. The highest BCUT2D eigenvalue weighted by Crippen LogP contribution is 2.47. The highest BCUT2D eigenvalue weighted by molar-refractivity contribution is 7.97. The second-order valence-electron chi connectivity index (χ2n) is 16.3. The molecule has 440 valence electrons. The Labute approximate surface area is 434 Å². The van der Waals surface area contributed by atoms with Crippen LogP contribution in [-0.4, -0.2) is 18.5 Å². The highest BCUT2D eigenvalue weighted by Gasteiger charge is 2.60.